The minimum atomic E-state index is -0.851. The van der Waals surface area contributed by atoms with Gasteiger partial charge in [-0.2, -0.15) is 0 Å². The van der Waals surface area contributed by atoms with E-state index < -0.39 is 29.4 Å². The van der Waals surface area contributed by atoms with Crippen molar-refractivity contribution in [1.82, 2.24) is 30.8 Å². The number of hydroxylamine groups is 2. The topological polar surface area (TPSA) is 172 Å². The molecule has 3 aliphatic rings. The van der Waals surface area contributed by atoms with Crippen molar-refractivity contribution in [2.24, 2.45) is 4.99 Å². The molecule has 14 heteroatoms. The van der Waals surface area contributed by atoms with E-state index in [1.165, 1.54) is 0 Å². The Labute approximate surface area is 214 Å². The molecule has 3 heterocycles. The Bertz CT molecular complexity index is 1070. The minimum Gasteiger partial charge on any atom is -0.444 e. The van der Waals surface area contributed by atoms with Crippen molar-refractivity contribution in [2.75, 3.05) is 6.54 Å². The molecule has 204 valence electrons. The summed E-state index contributed by atoms with van der Waals surface area (Å²) in [6, 6.07) is -1.14. The van der Waals surface area contributed by atoms with Gasteiger partial charge in [-0.25, -0.2) is 19.4 Å². The lowest BCUT2D eigenvalue weighted by Gasteiger charge is -2.34. The lowest BCUT2D eigenvalue weighted by atomic mass is 9.80. The highest BCUT2D eigenvalue weighted by atomic mass is 16.6. The fourth-order valence-electron chi connectivity index (χ4n) is 4.46. The number of carbonyl (C=O) groups is 3. The monoisotopic (exact) mass is 521 g/mol. The number of urea groups is 1. The largest absolute Gasteiger partial charge is 0.444 e. The van der Waals surface area contributed by atoms with Crippen molar-refractivity contribution in [2.45, 2.75) is 102 Å². The van der Waals surface area contributed by atoms with Gasteiger partial charge in [0.15, 0.2) is 0 Å². The van der Waals surface area contributed by atoms with Crippen LogP contribution in [0.25, 0.3) is 0 Å². The van der Waals surface area contributed by atoms with Gasteiger partial charge in [-0.15, -0.1) is 15.2 Å². The third-order valence-electron chi connectivity index (χ3n) is 6.13. The molecule has 2 aliphatic heterocycles. The van der Waals surface area contributed by atoms with Crippen LogP contribution in [0.1, 0.15) is 91.0 Å². The predicted molar refractivity (Wildman–Crippen MR) is 128 cm³/mol. The second kappa shape index (κ2) is 9.80. The van der Waals surface area contributed by atoms with Crippen LogP contribution >= 0.6 is 0 Å². The molecule has 3 N–H and O–H groups in total. The van der Waals surface area contributed by atoms with E-state index in [0.29, 0.717) is 44.0 Å². The molecule has 14 nitrogen and oxygen atoms in total. The van der Waals surface area contributed by atoms with E-state index in [2.05, 4.69) is 25.8 Å². The number of aromatic nitrogens is 2. The summed E-state index contributed by atoms with van der Waals surface area (Å²) < 4.78 is 16.4. The maximum absolute atomic E-state index is 12.3. The van der Waals surface area contributed by atoms with Crippen molar-refractivity contribution < 1.29 is 33.5 Å². The van der Waals surface area contributed by atoms with Crippen LogP contribution in [0.3, 0.4) is 0 Å². The zero-order chi connectivity index (χ0) is 27.1. The van der Waals surface area contributed by atoms with E-state index in [1.54, 1.807) is 46.4 Å². The Kier molecular flexibility index (Phi) is 7.06. The van der Waals surface area contributed by atoms with Gasteiger partial charge in [0.2, 0.25) is 17.7 Å². The van der Waals surface area contributed by atoms with E-state index >= 15 is 0 Å². The molecule has 4 rings (SSSR count). The molecular weight excluding hydrogens is 486 g/mol. The SMILES string of the molecule is CC(C)(C)OC(=O)/N=C(/NC(=O)OC(C)(C)C)N[C@H]1C[C@@H](c2nnc([C@@H]3CC[C@H]4CN3C(=O)N4O)o2)C1. The van der Waals surface area contributed by atoms with E-state index in [4.69, 9.17) is 13.9 Å². The van der Waals surface area contributed by atoms with Gasteiger partial charge in [0.1, 0.15) is 17.2 Å². The van der Waals surface area contributed by atoms with E-state index in [1.807, 2.05) is 0 Å². The van der Waals surface area contributed by atoms with Crippen LogP contribution in [0, 0.1) is 0 Å². The number of piperidine rings is 1. The van der Waals surface area contributed by atoms with Crippen molar-refractivity contribution in [3.63, 3.8) is 0 Å². The summed E-state index contributed by atoms with van der Waals surface area (Å²) in [5.74, 6) is 0.694. The lowest BCUT2D eigenvalue weighted by Crippen LogP contribution is -2.51. The Balaban J connectivity index is 1.36. The number of aliphatic imine (C=N–C) groups is 1. The molecule has 3 fully saturated rings. The number of nitrogens with one attached hydrogen (secondary N) is 2. The Hall–Kier alpha value is -3.42. The number of ether oxygens (including phenoxy) is 2. The summed E-state index contributed by atoms with van der Waals surface area (Å²) in [6.45, 7) is 10.8. The van der Waals surface area contributed by atoms with Gasteiger partial charge in [-0.1, -0.05) is 0 Å². The zero-order valence-corrected chi connectivity index (χ0v) is 22.0. The fraction of sp³-hybridized carbons (Fsp3) is 0.739. The number of hydrogen-bond acceptors (Lipinski definition) is 9. The molecule has 0 radical (unpaired) electrons. The lowest BCUT2D eigenvalue weighted by molar-refractivity contribution is -0.0584. The fourth-order valence-corrected chi connectivity index (χ4v) is 4.46. The molecule has 2 saturated heterocycles. The van der Waals surface area contributed by atoms with Crippen molar-refractivity contribution in [1.29, 1.82) is 0 Å². The number of rotatable bonds is 3. The average Bonchev–Trinajstić information content (AvgIpc) is 3.28. The quantitative estimate of drug-likeness (QED) is 0.305. The molecule has 1 aromatic rings. The number of hydrogen-bond donors (Lipinski definition) is 3. The van der Waals surface area contributed by atoms with Gasteiger partial charge in [-0.05, 0) is 67.2 Å². The average molecular weight is 522 g/mol. The third kappa shape index (κ3) is 6.48. The molecule has 1 aromatic heterocycles. The zero-order valence-electron chi connectivity index (χ0n) is 22.0. The van der Waals surface area contributed by atoms with Gasteiger partial charge in [0.05, 0.1) is 6.04 Å². The van der Waals surface area contributed by atoms with Gasteiger partial charge >= 0.3 is 18.2 Å². The maximum Gasteiger partial charge on any atom is 0.437 e. The number of amides is 4. The first-order chi connectivity index (χ1) is 17.2. The molecule has 1 aliphatic carbocycles. The van der Waals surface area contributed by atoms with Crippen LogP contribution in [0.2, 0.25) is 0 Å². The molecule has 0 spiro atoms. The van der Waals surface area contributed by atoms with Crippen molar-refractivity contribution >= 4 is 24.2 Å². The van der Waals surface area contributed by atoms with Gasteiger partial charge in [0.25, 0.3) is 0 Å². The Morgan fingerprint density at radius 1 is 1.05 bits per heavy atom. The van der Waals surface area contributed by atoms with Crippen LogP contribution in [0.5, 0.6) is 0 Å². The second-order valence-corrected chi connectivity index (χ2v) is 11.6. The first kappa shape index (κ1) is 26.6. The van der Waals surface area contributed by atoms with Crippen LogP contribution in [0.15, 0.2) is 9.41 Å². The summed E-state index contributed by atoms with van der Waals surface area (Å²) in [4.78, 5) is 42.2. The first-order valence-corrected chi connectivity index (χ1v) is 12.4. The van der Waals surface area contributed by atoms with Crippen LogP contribution in [-0.4, -0.2) is 79.4 Å². The molecule has 0 unspecified atom stereocenters. The third-order valence-corrected chi connectivity index (χ3v) is 6.13. The number of carbonyl (C=O) groups excluding carboxylic acids is 3. The smallest absolute Gasteiger partial charge is 0.437 e. The summed E-state index contributed by atoms with van der Waals surface area (Å²) in [7, 11) is 0. The van der Waals surface area contributed by atoms with E-state index in [-0.39, 0.29) is 30.0 Å². The van der Waals surface area contributed by atoms with Gasteiger partial charge in [0, 0.05) is 18.5 Å². The minimum absolute atomic E-state index is 0.0389. The number of fused-ring (bicyclic) bond motifs is 2. The number of alkyl carbamates (subject to hydrolysis) is 1. The molecule has 4 amide bonds. The summed E-state index contributed by atoms with van der Waals surface area (Å²) >= 11 is 0. The second-order valence-electron chi connectivity index (χ2n) is 11.6. The molecule has 37 heavy (non-hydrogen) atoms. The highest BCUT2D eigenvalue weighted by Gasteiger charge is 2.47. The summed E-state index contributed by atoms with van der Waals surface area (Å²) in [6.07, 6.45) is 0.852. The van der Waals surface area contributed by atoms with E-state index in [9.17, 15) is 19.6 Å². The van der Waals surface area contributed by atoms with Crippen LogP contribution in [-0.2, 0) is 9.47 Å². The van der Waals surface area contributed by atoms with Crippen LogP contribution < -0.4 is 10.6 Å². The summed E-state index contributed by atoms with van der Waals surface area (Å²) in [5, 5.41) is 24.5. The molecule has 0 aromatic carbocycles. The van der Waals surface area contributed by atoms with Crippen LogP contribution in [0.4, 0.5) is 14.4 Å². The van der Waals surface area contributed by atoms with Gasteiger partial charge in [-0.3, -0.25) is 10.5 Å². The maximum atomic E-state index is 12.3. The molecule has 1 saturated carbocycles. The highest BCUT2D eigenvalue weighted by molar-refractivity contribution is 5.99. The Morgan fingerprint density at radius 2 is 1.70 bits per heavy atom. The Morgan fingerprint density at radius 3 is 2.35 bits per heavy atom. The molecular formula is C23H35N7O7. The van der Waals surface area contributed by atoms with Crippen molar-refractivity contribution in [3.05, 3.63) is 11.8 Å². The number of guanidine groups is 1. The van der Waals surface area contributed by atoms with Gasteiger partial charge < -0.3 is 24.1 Å². The normalized spacial score (nSPS) is 26.0. The van der Waals surface area contributed by atoms with Crippen molar-refractivity contribution in [3.8, 4) is 0 Å². The summed E-state index contributed by atoms with van der Waals surface area (Å²) in [5.41, 5.74) is -1.48. The highest BCUT2D eigenvalue weighted by Crippen LogP contribution is 2.40. The first-order valence-electron chi connectivity index (χ1n) is 12.4. The predicted octanol–water partition coefficient (Wildman–Crippen LogP) is 3.05. The number of nitrogens with zero attached hydrogens (tertiary/aromatic N) is 5. The standard InChI is InChI=1S/C23H35N7O7/c1-22(2,3)36-19(31)25-18(26-20(32)37-23(4,5)6)24-13-9-12(10-13)16-27-28-17(35-16)15-8-7-14-11-29(15)21(33)30(14)34/h12-15,34H,7-11H2,1-6H3,(H2,24,25,26,31,32)/t12-,13+,14-,15-/m0/s1. The molecule has 2 atom stereocenters. The van der Waals surface area contributed by atoms with E-state index in [0.717, 1.165) is 5.06 Å². The molecule has 2 bridgehead atoms.